The summed E-state index contributed by atoms with van der Waals surface area (Å²) in [6.07, 6.45) is -0.615. The number of nitrogens with zero attached hydrogens (tertiary/aromatic N) is 3. The van der Waals surface area contributed by atoms with Crippen LogP contribution in [0.5, 0.6) is 0 Å². The van der Waals surface area contributed by atoms with E-state index in [2.05, 4.69) is 4.98 Å². The molecule has 18 heavy (non-hydrogen) atoms. The largest absolute Gasteiger partial charge is 0.443 e. The van der Waals surface area contributed by atoms with Crippen molar-refractivity contribution in [1.82, 2.24) is 4.98 Å². The molecule has 1 amide bonds. The average molecular weight is 253 g/mol. The Morgan fingerprint density at radius 1 is 1.44 bits per heavy atom. The maximum atomic E-state index is 11.7. The lowest BCUT2D eigenvalue weighted by atomic mass is 10.2. The first-order valence-corrected chi connectivity index (χ1v) is 5.29. The van der Waals surface area contributed by atoms with Crippen LogP contribution >= 0.6 is 0 Å². The Hall–Kier alpha value is -2.18. The van der Waals surface area contributed by atoms with Crippen molar-refractivity contribution in [2.24, 2.45) is 0 Å². The molecule has 0 N–H and O–H groups in total. The van der Waals surface area contributed by atoms with Gasteiger partial charge in [0.15, 0.2) is 0 Å². The number of nitro groups is 1. The van der Waals surface area contributed by atoms with Crippen LogP contribution in [0.4, 0.5) is 16.4 Å². The van der Waals surface area contributed by atoms with Crippen LogP contribution in [0.2, 0.25) is 0 Å². The van der Waals surface area contributed by atoms with Crippen LogP contribution in [0, 0.1) is 10.1 Å². The first-order valence-electron chi connectivity index (χ1n) is 5.29. The molecule has 0 saturated heterocycles. The summed E-state index contributed by atoms with van der Waals surface area (Å²) in [4.78, 5) is 26.6. The Bertz CT molecular complexity index is 468. The molecule has 1 rings (SSSR count). The molecular weight excluding hydrogens is 238 g/mol. The van der Waals surface area contributed by atoms with E-state index in [1.54, 1.807) is 20.8 Å². The second-order valence-corrected chi connectivity index (χ2v) is 4.65. The molecule has 0 aliphatic heterocycles. The molecule has 0 spiro atoms. The van der Waals surface area contributed by atoms with Gasteiger partial charge in [-0.2, -0.15) is 0 Å². The van der Waals surface area contributed by atoms with Gasteiger partial charge < -0.3 is 14.9 Å². The van der Waals surface area contributed by atoms with Gasteiger partial charge in [0.05, 0.1) is 0 Å². The summed E-state index contributed by atoms with van der Waals surface area (Å²) < 4.78 is 5.13. The standard InChI is InChI=1S/C11H15N3O4/c1-11(2,3)18-10(15)13(4)8-6-5-7-9(12-8)14(16)17/h5-7H,1-4H3. The quantitative estimate of drug-likeness (QED) is 0.596. The van der Waals surface area contributed by atoms with Gasteiger partial charge in [-0.25, -0.2) is 9.69 Å². The third kappa shape index (κ3) is 3.69. The first kappa shape index (κ1) is 13.9. The molecule has 0 bridgehead atoms. The van der Waals surface area contributed by atoms with Crippen LogP contribution in [-0.4, -0.2) is 28.6 Å². The second kappa shape index (κ2) is 4.99. The van der Waals surface area contributed by atoms with Crippen LogP contribution in [0.1, 0.15) is 20.8 Å². The summed E-state index contributed by atoms with van der Waals surface area (Å²) in [6, 6.07) is 4.21. The maximum absolute atomic E-state index is 11.7. The minimum absolute atomic E-state index is 0.165. The predicted molar refractivity (Wildman–Crippen MR) is 65.5 cm³/mol. The lowest BCUT2D eigenvalue weighted by Gasteiger charge is -2.22. The molecule has 7 heteroatoms. The van der Waals surface area contributed by atoms with Gasteiger partial charge in [-0.3, -0.25) is 0 Å². The molecule has 0 atom stereocenters. The van der Waals surface area contributed by atoms with E-state index in [0.29, 0.717) is 0 Å². The molecule has 1 aromatic rings. The zero-order valence-electron chi connectivity index (χ0n) is 10.7. The maximum Gasteiger partial charge on any atom is 0.417 e. The SMILES string of the molecule is CN(C(=O)OC(C)(C)C)c1cccc([N+](=O)[O-])n1. The summed E-state index contributed by atoms with van der Waals surface area (Å²) in [6.45, 7) is 5.21. The number of hydrogen-bond donors (Lipinski definition) is 0. The van der Waals surface area contributed by atoms with Crippen molar-refractivity contribution in [3.05, 3.63) is 28.3 Å². The number of anilines is 1. The van der Waals surface area contributed by atoms with Gasteiger partial charge >= 0.3 is 11.9 Å². The Morgan fingerprint density at radius 3 is 2.56 bits per heavy atom. The summed E-state index contributed by atoms with van der Waals surface area (Å²) in [5.74, 6) is -0.152. The average Bonchev–Trinajstić information content (AvgIpc) is 2.26. The topological polar surface area (TPSA) is 85.6 Å². The van der Waals surface area contributed by atoms with Crippen LogP contribution in [0.3, 0.4) is 0 Å². The van der Waals surface area contributed by atoms with E-state index in [0.717, 1.165) is 4.90 Å². The summed E-state index contributed by atoms with van der Waals surface area (Å²) in [5.41, 5.74) is -0.633. The summed E-state index contributed by atoms with van der Waals surface area (Å²) in [7, 11) is 1.44. The molecule has 7 nitrogen and oxygen atoms in total. The lowest BCUT2D eigenvalue weighted by molar-refractivity contribution is -0.389. The van der Waals surface area contributed by atoms with Crippen LogP contribution in [0.15, 0.2) is 18.2 Å². The van der Waals surface area contributed by atoms with Crippen molar-refractivity contribution in [2.45, 2.75) is 26.4 Å². The van der Waals surface area contributed by atoms with Gasteiger partial charge in [-0.05, 0) is 36.7 Å². The Balaban J connectivity index is 2.90. The highest BCUT2D eigenvalue weighted by Crippen LogP contribution is 2.17. The predicted octanol–water partition coefficient (Wildman–Crippen LogP) is 2.36. The minimum Gasteiger partial charge on any atom is -0.443 e. The first-order chi connectivity index (χ1) is 8.20. The Kier molecular flexibility index (Phi) is 3.85. The van der Waals surface area contributed by atoms with Gasteiger partial charge in [-0.15, -0.1) is 0 Å². The minimum atomic E-state index is -0.633. The van der Waals surface area contributed by atoms with E-state index in [1.165, 1.54) is 25.2 Å². The Labute approximate surface area is 105 Å². The molecule has 1 heterocycles. The van der Waals surface area contributed by atoms with Gasteiger partial charge in [0, 0.05) is 19.2 Å². The van der Waals surface area contributed by atoms with Crippen molar-refractivity contribution in [3.63, 3.8) is 0 Å². The van der Waals surface area contributed by atoms with Crippen LogP contribution in [0.25, 0.3) is 0 Å². The molecule has 0 radical (unpaired) electrons. The number of ether oxygens (including phenoxy) is 1. The number of carbonyl (C=O) groups is 1. The van der Waals surface area contributed by atoms with Crippen molar-refractivity contribution in [2.75, 3.05) is 11.9 Å². The lowest BCUT2D eigenvalue weighted by Crippen LogP contribution is -2.34. The molecule has 0 saturated carbocycles. The fraction of sp³-hybridized carbons (Fsp3) is 0.455. The van der Waals surface area contributed by atoms with Crippen molar-refractivity contribution < 1.29 is 14.5 Å². The number of rotatable bonds is 2. The molecule has 1 aromatic heterocycles. The monoisotopic (exact) mass is 253 g/mol. The zero-order valence-corrected chi connectivity index (χ0v) is 10.7. The fourth-order valence-electron chi connectivity index (χ4n) is 1.12. The van der Waals surface area contributed by atoms with E-state index in [1.807, 2.05) is 0 Å². The van der Waals surface area contributed by atoms with Gasteiger partial charge in [0.1, 0.15) is 5.60 Å². The van der Waals surface area contributed by atoms with Gasteiger partial charge in [0.25, 0.3) is 5.82 Å². The number of hydrogen-bond acceptors (Lipinski definition) is 5. The van der Waals surface area contributed by atoms with Crippen molar-refractivity contribution in [1.29, 1.82) is 0 Å². The van der Waals surface area contributed by atoms with E-state index in [9.17, 15) is 14.9 Å². The van der Waals surface area contributed by atoms with Crippen molar-refractivity contribution in [3.8, 4) is 0 Å². The van der Waals surface area contributed by atoms with Gasteiger partial charge in [-0.1, -0.05) is 0 Å². The third-order valence-corrected chi connectivity index (χ3v) is 1.92. The van der Waals surface area contributed by atoms with E-state index >= 15 is 0 Å². The number of aromatic nitrogens is 1. The highest BCUT2D eigenvalue weighted by molar-refractivity contribution is 5.86. The number of amides is 1. The molecule has 0 aliphatic carbocycles. The third-order valence-electron chi connectivity index (χ3n) is 1.92. The molecule has 0 aromatic carbocycles. The number of pyridine rings is 1. The van der Waals surface area contributed by atoms with Crippen LogP contribution in [-0.2, 0) is 4.74 Å². The number of carbonyl (C=O) groups excluding carboxylic acids is 1. The summed E-state index contributed by atoms with van der Waals surface area (Å²) in [5, 5.41) is 10.6. The van der Waals surface area contributed by atoms with E-state index < -0.39 is 16.6 Å². The smallest absolute Gasteiger partial charge is 0.417 e. The van der Waals surface area contributed by atoms with Gasteiger partial charge in [0.2, 0.25) is 0 Å². The van der Waals surface area contributed by atoms with E-state index in [4.69, 9.17) is 4.74 Å². The van der Waals surface area contributed by atoms with Crippen molar-refractivity contribution >= 4 is 17.7 Å². The summed E-state index contributed by atoms with van der Waals surface area (Å²) >= 11 is 0. The van der Waals surface area contributed by atoms with E-state index in [-0.39, 0.29) is 11.6 Å². The highest BCUT2D eigenvalue weighted by atomic mass is 16.6. The molecule has 0 fully saturated rings. The highest BCUT2D eigenvalue weighted by Gasteiger charge is 2.24. The fourth-order valence-corrected chi connectivity index (χ4v) is 1.12. The Morgan fingerprint density at radius 2 is 2.06 bits per heavy atom. The normalized spacial score (nSPS) is 10.9. The van der Waals surface area contributed by atoms with Crippen LogP contribution < -0.4 is 4.90 Å². The molecule has 98 valence electrons. The molecule has 0 unspecified atom stereocenters. The zero-order chi connectivity index (χ0) is 13.9. The molecular formula is C11H15N3O4. The second-order valence-electron chi connectivity index (χ2n) is 4.65. The molecule has 0 aliphatic rings.